The van der Waals surface area contributed by atoms with E-state index in [1.807, 2.05) is 0 Å². The number of halogens is 7. The van der Waals surface area contributed by atoms with Crippen molar-refractivity contribution in [2.45, 2.75) is 31.3 Å². The molecular formula is C27H24ClF6N5O6. The maximum atomic E-state index is 13.3. The molecule has 0 bridgehead atoms. The number of aliphatic carboxylic acids is 1. The molecule has 11 nitrogen and oxygen atoms in total. The highest BCUT2D eigenvalue weighted by atomic mass is 35.5. The third kappa shape index (κ3) is 11.4. The normalized spacial score (nSPS) is 13.6. The highest BCUT2D eigenvalue weighted by Gasteiger charge is 2.38. The molecule has 1 aliphatic heterocycles. The van der Waals surface area contributed by atoms with Gasteiger partial charge in [-0.05, 0) is 62.3 Å². The van der Waals surface area contributed by atoms with Gasteiger partial charge in [-0.1, -0.05) is 11.6 Å². The van der Waals surface area contributed by atoms with Crippen molar-refractivity contribution in [1.29, 1.82) is 0 Å². The molecule has 1 fully saturated rings. The number of benzene rings is 1. The van der Waals surface area contributed by atoms with Gasteiger partial charge in [0, 0.05) is 18.5 Å². The summed E-state index contributed by atoms with van der Waals surface area (Å²) in [5.41, 5.74) is 0.0789. The summed E-state index contributed by atoms with van der Waals surface area (Å²) in [7, 11) is 0. The van der Waals surface area contributed by atoms with Gasteiger partial charge in [-0.3, -0.25) is 9.59 Å². The number of hydrogen-bond acceptors (Lipinski definition) is 8. The Morgan fingerprint density at radius 1 is 0.978 bits per heavy atom. The number of amides is 2. The van der Waals surface area contributed by atoms with Crippen LogP contribution in [0.25, 0.3) is 0 Å². The molecule has 3 aromatic rings. The maximum Gasteiger partial charge on any atom is 0.490 e. The molecular weight excluding hydrogens is 640 g/mol. The molecule has 3 heterocycles. The van der Waals surface area contributed by atoms with E-state index in [9.17, 15) is 35.9 Å². The van der Waals surface area contributed by atoms with Crippen LogP contribution in [0.2, 0.25) is 5.02 Å². The Bertz CT molecular complexity index is 1480. The number of alkyl halides is 6. The van der Waals surface area contributed by atoms with Crippen LogP contribution in [-0.4, -0.2) is 71.0 Å². The van der Waals surface area contributed by atoms with Crippen LogP contribution < -0.4 is 25.4 Å². The minimum atomic E-state index is -5.08. The van der Waals surface area contributed by atoms with Crippen molar-refractivity contribution in [3.8, 4) is 11.5 Å². The molecule has 2 aromatic heterocycles. The lowest BCUT2D eigenvalue weighted by atomic mass is 10.1. The summed E-state index contributed by atoms with van der Waals surface area (Å²) in [4.78, 5) is 43.1. The number of carbonyl (C=O) groups is 3. The number of pyridine rings is 2. The predicted molar refractivity (Wildman–Crippen MR) is 148 cm³/mol. The number of aromatic nitrogens is 2. The average Bonchev–Trinajstić information content (AvgIpc) is 2.97. The van der Waals surface area contributed by atoms with Crippen LogP contribution in [0.3, 0.4) is 0 Å². The Morgan fingerprint density at radius 3 is 2.27 bits per heavy atom. The van der Waals surface area contributed by atoms with Crippen LogP contribution in [0.1, 0.15) is 33.7 Å². The molecule has 1 aliphatic rings. The van der Waals surface area contributed by atoms with Crippen molar-refractivity contribution in [2.75, 3.05) is 30.3 Å². The first-order valence-corrected chi connectivity index (χ1v) is 13.2. The number of hydrogen-bond donors (Lipinski definition) is 4. The largest absolute Gasteiger partial charge is 0.490 e. The van der Waals surface area contributed by atoms with Gasteiger partial charge < -0.3 is 30.5 Å². The lowest BCUT2D eigenvalue weighted by Crippen LogP contribution is -2.34. The molecule has 1 aromatic carbocycles. The van der Waals surface area contributed by atoms with Gasteiger partial charge in [0.1, 0.15) is 23.4 Å². The van der Waals surface area contributed by atoms with E-state index in [0.29, 0.717) is 31.0 Å². The molecule has 18 heteroatoms. The summed E-state index contributed by atoms with van der Waals surface area (Å²) < 4.78 is 80.5. The number of nitrogens with zero attached hydrogens (tertiary/aromatic N) is 2. The minimum Gasteiger partial charge on any atom is -0.489 e. The van der Waals surface area contributed by atoms with E-state index in [1.54, 1.807) is 6.07 Å². The van der Waals surface area contributed by atoms with Crippen molar-refractivity contribution in [1.82, 2.24) is 15.3 Å². The van der Waals surface area contributed by atoms with Crippen molar-refractivity contribution in [3.63, 3.8) is 0 Å². The van der Waals surface area contributed by atoms with Crippen molar-refractivity contribution in [2.24, 2.45) is 0 Å². The van der Waals surface area contributed by atoms with Gasteiger partial charge in [0.05, 0.1) is 16.3 Å². The molecule has 2 amide bonds. The zero-order valence-electron chi connectivity index (χ0n) is 22.8. The maximum absolute atomic E-state index is 13.3. The predicted octanol–water partition coefficient (Wildman–Crippen LogP) is 5.34. The second-order valence-electron chi connectivity index (χ2n) is 9.10. The van der Waals surface area contributed by atoms with Crippen molar-refractivity contribution >= 4 is 40.9 Å². The number of rotatable bonds is 8. The highest BCUT2D eigenvalue weighted by molar-refractivity contribution is 6.30. The number of anilines is 2. The number of piperidine rings is 1. The zero-order chi connectivity index (χ0) is 33.2. The van der Waals surface area contributed by atoms with E-state index in [4.69, 9.17) is 31.0 Å². The van der Waals surface area contributed by atoms with E-state index < -0.39 is 36.7 Å². The fraction of sp³-hybridized carbons (Fsp3) is 0.296. The molecule has 45 heavy (non-hydrogen) atoms. The van der Waals surface area contributed by atoms with Gasteiger partial charge in [-0.15, -0.1) is 0 Å². The molecule has 0 atom stereocenters. The molecule has 0 spiro atoms. The Morgan fingerprint density at radius 2 is 1.67 bits per heavy atom. The lowest BCUT2D eigenvalue weighted by Gasteiger charge is -2.25. The van der Waals surface area contributed by atoms with Gasteiger partial charge >= 0.3 is 18.3 Å². The van der Waals surface area contributed by atoms with Gasteiger partial charge in [0.15, 0.2) is 12.3 Å². The van der Waals surface area contributed by atoms with Crippen LogP contribution in [0.4, 0.5) is 37.8 Å². The first-order chi connectivity index (χ1) is 21.1. The second kappa shape index (κ2) is 15.4. The summed E-state index contributed by atoms with van der Waals surface area (Å²) in [6.45, 7) is -0.0812. The monoisotopic (exact) mass is 663 g/mol. The first-order valence-electron chi connectivity index (χ1n) is 12.8. The molecule has 0 unspecified atom stereocenters. The van der Waals surface area contributed by atoms with E-state index in [1.165, 1.54) is 48.8 Å². The molecule has 1 saturated heterocycles. The van der Waals surface area contributed by atoms with Gasteiger partial charge in [0.2, 0.25) is 0 Å². The van der Waals surface area contributed by atoms with Crippen LogP contribution in [-0.2, 0) is 4.79 Å². The van der Waals surface area contributed by atoms with E-state index >= 15 is 0 Å². The van der Waals surface area contributed by atoms with Crippen molar-refractivity contribution < 1.29 is 55.3 Å². The molecule has 0 radical (unpaired) electrons. The SMILES string of the molecule is O=C(Nc1cccnc1C(=O)Nc1ccc(Cl)cn1)c1ccc(OCC(F)(F)F)cc1OC1CCNCC1.O=C(O)C(F)(F)F. The number of carboxylic acid groups (broad SMARTS) is 1. The number of carbonyl (C=O) groups excluding carboxylic acids is 2. The standard InChI is InChI=1S/C25H23ClF3N5O4.C2HF3O2/c26-15-3-6-21(32-13-15)34-24(36)22-19(2-1-9-31-22)33-23(35)18-5-4-17(37-14-25(27,28)29)12-20(18)38-16-7-10-30-11-8-16;3-2(4,5)1(6)7/h1-6,9,12-13,16,30H,7-8,10-11,14H2,(H,33,35)(H,32,34,36);(H,6,7). The topological polar surface area (TPSA) is 152 Å². The van der Waals surface area contributed by atoms with Gasteiger partial charge in [0.25, 0.3) is 11.8 Å². The van der Waals surface area contributed by atoms with E-state index in [-0.39, 0.29) is 40.4 Å². The Kier molecular flexibility index (Phi) is 11.9. The quantitative estimate of drug-likeness (QED) is 0.234. The number of carboxylic acids is 1. The average molecular weight is 664 g/mol. The van der Waals surface area contributed by atoms with E-state index in [2.05, 4.69) is 25.9 Å². The van der Waals surface area contributed by atoms with Gasteiger partial charge in [-0.25, -0.2) is 14.8 Å². The molecule has 0 saturated carbocycles. The molecule has 242 valence electrons. The summed E-state index contributed by atoms with van der Waals surface area (Å²) >= 11 is 5.82. The summed E-state index contributed by atoms with van der Waals surface area (Å²) in [6.07, 6.45) is -5.79. The molecule has 4 rings (SSSR count). The van der Waals surface area contributed by atoms with Crippen LogP contribution >= 0.6 is 11.6 Å². The Labute approximate surface area is 255 Å². The third-order valence-electron chi connectivity index (χ3n) is 5.66. The summed E-state index contributed by atoms with van der Waals surface area (Å²) in [5.74, 6) is -3.84. The van der Waals surface area contributed by atoms with Crippen molar-refractivity contribution in [3.05, 3.63) is 71.1 Å². The fourth-order valence-electron chi connectivity index (χ4n) is 3.64. The minimum absolute atomic E-state index is 0.0532. The zero-order valence-corrected chi connectivity index (χ0v) is 23.6. The highest BCUT2D eigenvalue weighted by Crippen LogP contribution is 2.30. The molecule has 0 aliphatic carbocycles. The Balaban J connectivity index is 0.000000707. The number of ether oxygens (including phenoxy) is 2. The Hall–Kier alpha value is -4.64. The summed E-state index contributed by atoms with van der Waals surface area (Å²) in [5, 5.41) is 15.9. The smallest absolute Gasteiger partial charge is 0.489 e. The first kappa shape index (κ1) is 34.8. The number of nitrogens with one attached hydrogen (secondary N) is 3. The van der Waals surface area contributed by atoms with E-state index in [0.717, 1.165) is 0 Å². The molecule has 4 N–H and O–H groups in total. The van der Waals surface area contributed by atoms with Gasteiger partial charge in [-0.2, -0.15) is 26.3 Å². The second-order valence-corrected chi connectivity index (χ2v) is 9.54. The third-order valence-corrected chi connectivity index (χ3v) is 5.89. The van der Waals surface area contributed by atoms with Crippen LogP contribution in [0.15, 0.2) is 54.9 Å². The van der Waals surface area contributed by atoms with Crippen LogP contribution in [0.5, 0.6) is 11.5 Å². The van der Waals surface area contributed by atoms with Crippen LogP contribution in [0, 0.1) is 0 Å². The summed E-state index contributed by atoms with van der Waals surface area (Å²) in [6, 6.07) is 9.90. The lowest BCUT2D eigenvalue weighted by molar-refractivity contribution is -0.192. The fourth-order valence-corrected chi connectivity index (χ4v) is 3.75.